The van der Waals surface area contributed by atoms with Crippen LogP contribution in [0.2, 0.25) is 0 Å². The third-order valence-corrected chi connectivity index (χ3v) is 8.56. The molecule has 2 aromatic rings. The van der Waals surface area contributed by atoms with E-state index in [1.54, 1.807) is 0 Å². The van der Waals surface area contributed by atoms with Gasteiger partial charge in [0, 0.05) is 43.5 Å². The molecule has 0 spiro atoms. The van der Waals surface area contributed by atoms with Crippen molar-refractivity contribution >= 4 is 39.8 Å². The molecule has 0 saturated heterocycles. The molecule has 0 aromatic heterocycles. The van der Waals surface area contributed by atoms with Crippen LogP contribution in [0.25, 0.3) is 0 Å². The van der Waals surface area contributed by atoms with Gasteiger partial charge in [-0.2, -0.15) is 0 Å². The molecular formula is C27H36Br2N2Ni+2. The SMILES string of the molecule is CN(c1ccccc1)C1CCC2CCCC3CCC(N(C)c4ccccc4)C1C23.[Br][Ni+2][Br]. The third kappa shape index (κ3) is 5.26. The molecule has 5 rings (SSSR count). The Hall–Kier alpha value is -0.506. The average molecular weight is 607 g/mol. The summed E-state index contributed by atoms with van der Waals surface area (Å²) in [4.78, 5) is 5.26. The van der Waals surface area contributed by atoms with E-state index in [9.17, 15) is 0 Å². The summed E-state index contributed by atoms with van der Waals surface area (Å²) in [6, 6.07) is 23.5. The molecule has 0 aliphatic heterocycles. The summed E-state index contributed by atoms with van der Waals surface area (Å²) < 4.78 is 0. The van der Waals surface area contributed by atoms with Crippen molar-refractivity contribution in [3.05, 3.63) is 60.7 Å². The number of para-hydroxylation sites is 2. The van der Waals surface area contributed by atoms with Crippen LogP contribution in [-0.2, 0) is 10.9 Å². The van der Waals surface area contributed by atoms with E-state index in [4.69, 9.17) is 0 Å². The van der Waals surface area contributed by atoms with Crippen molar-refractivity contribution in [1.29, 1.82) is 0 Å². The van der Waals surface area contributed by atoms with E-state index in [-0.39, 0.29) is 0 Å². The summed E-state index contributed by atoms with van der Waals surface area (Å²) in [6.45, 7) is 0. The maximum absolute atomic E-state index is 3.00. The molecule has 3 aliphatic carbocycles. The Bertz CT molecular complexity index is 755. The zero-order valence-electron chi connectivity index (χ0n) is 19.2. The predicted molar refractivity (Wildman–Crippen MR) is 141 cm³/mol. The van der Waals surface area contributed by atoms with Crippen LogP contribution < -0.4 is 9.80 Å². The third-order valence-electron chi connectivity index (χ3n) is 8.56. The summed E-state index contributed by atoms with van der Waals surface area (Å²) in [5.41, 5.74) is 2.77. The standard InChI is InChI=1S/C27H36N2.2BrH.Ni/c1-28(22-12-5-3-6-13-22)24-18-16-20-10-9-11-21-17-19-25(27(24)26(20)21)29(2)23-14-7-4-8-15-23;;;/h3-8,12-15,20-21,24-27H,9-11,16-19H2,1-2H3;2*1H;/q;;;+4/p-2. The van der Waals surface area contributed by atoms with Gasteiger partial charge in [0.25, 0.3) is 0 Å². The van der Waals surface area contributed by atoms with Gasteiger partial charge in [-0.15, -0.1) is 0 Å². The Morgan fingerprint density at radius 3 is 1.44 bits per heavy atom. The topological polar surface area (TPSA) is 6.48 Å². The van der Waals surface area contributed by atoms with Crippen molar-refractivity contribution in [2.24, 2.45) is 23.7 Å². The number of hydrogen-bond donors (Lipinski definition) is 0. The van der Waals surface area contributed by atoms with E-state index in [0.717, 1.165) is 23.7 Å². The summed E-state index contributed by atoms with van der Waals surface area (Å²) >= 11 is 6.00. The van der Waals surface area contributed by atoms with Crippen LogP contribution in [0.1, 0.15) is 44.9 Å². The molecule has 32 heavy (non-hydrogen) atoms. The van der Waals surface area contributed by atoms with Crippen LogP contribution in [0.15, 0.2) is 60.7 Å². The van der Waals surface area contributed by atoms with Crippen LogP contribution in [-0.4, -0.2) is 26.2 Å². The molecule has 4 atom stereocenters. The minimum absolute atomic E-state index is 0.649. The van der Waals surface area contributed by atoms with Crippen LogP contribution >= 0.6 is 28.5 Å². The van der Waals surface area contributed by atoms with Gasteiger partial charge in [0.1, 0.15) is 0 Å². The molecule has 0 radical (unpaired) electrons. The quantitative estimate of drug-likeness (QED) is 0.326. The van der Waals surface area contributed by atoms with Crippen molar-refractivity contribution in [3.8, 4) is 0 Å². The van der Waals surface area contributed by atoms with Gasteiger partial charge in [-0.25, -0.2) is 0 Å². The number of anilines is 2. The summed E-state index contributed by atoms with van der Waals surface area (Å²) in [7, 11) is 5.96. The van der Waals surface area contributed by atoms with E-state index in [1.807, 2.05) is 0 Å². The Labute approximate surface area is 214 Å². The molecule has 3 saturated carbocycles. The first-order chi connectivity index (χ1) is 15.7. The Morgan fingerprint density at radius 2 is 1.03 bits per heavy atom. The molecule has 5 heteroatoms. The van der Waals surface area contributed by atoms with E-state index < -0.39 is 0 Å². The summed E-state index contributed by atoms with van der Waals surface area (Å²) in [5, 5.41) is 0. The molecule has 0 amide bonds. The molecule has 0 bridgehead atoms. The molecule has 3 fully saturated rings. The minimum atomic E-state index is 0.649. The van der Waals surface area contributed by atoms with Gasteiger partial charge in [-0.05, 0) is 67.7 Å². The first kappa shape index (κ1) is 24.6. The van der Waals surface area contributed by atoms with Crippen LogP contribution in [0, 0.1) is 23.7 Å². The van der Waals surface area contributed by atoms with Crippen LogP contribution in [0.3, 0.4) is 0 Å². The van der Waals surface area contributed by atoms with Crippen molar-refractivity contribution < 1.29 is 10.9 Å². The zero-order chi connectivity index (χ0) is 22.5. The van der Waals surface area contributed by atoms with Crippen molar-refractivity contribution in [1.82, 2.24) is 0 Å². The number of rotatable bonds is 4. The van der Waals surface area contributed by atoms with Gasteiger partial charge in [0.05, 0.1) is 0 Å². The van der Waals surface area contributed by atoms with Gasteiger partial charge >= 0.3 is 39.3 Å². The Balaban J connectivity index is 0.000000775. The molecule has 3 aliphatic rings. The predicted octanol–water partition coefficient (Wildman–Crippen LogP) is 7.92. The van der Waals surface area contributed by atoms with Gasteiger partial charge in [0.2, 0.25) is 0 Å². The second kappa shape index (κ2) is 11.8. The zero-order valence-corrected chi connectivity index (χ0v) is 23.3. The van der Waals surface area contributed by atoms with Crippen LogP contribution in [0.4, 0.5) is 11.4 Å². The molecule has 0 heterocycles. The Kier molecular flexibility index (Phi) is 9.04. The van der Waals surface area contributed by atoms with Crippen molar-refractivity contribution in [3.63, 3.8) is 0 Å². The monoisotopic (exact) mass is 604 g/mol. The van der Waals surface area contributed by atoms with E-state index in [1.165, 1.54) is 67.2 Å². The fourth-order valence-electron chi connectivity index (χ4n) is 7.25. The fourth-order valence-corrected chi connectivity index (χ4v) is 7.25. The molecule has 0 N–H and O–H groups in total. The normalized spacial score (nSPS) is 31.1. The summed E-state index contributed by atoms with van der Waals surface area (Å²) in [5.74, 6) is 3.61. The fraction of sp³-hybridized carbons (Fsp3) is 0.556. The first-order valence-electron chi connectivity index (χ1n) is 12.0. The molecule has 2 nitrogen and oxygen atoms in total. The van der Waals surface area contributed by atoms with Crippen molar-refractivity contribution in [2.75, 3.05) is 23.9 Å². The molecule has 176 valence electrons. The van der Waals surface area contributed by atoms with Crippen LogP contribution in [0.5, 0.6) is 0 Å². The molecule has 4 unspecified atom stereocenters. The number of nitrogens with zero attached hydrogens (tertiary/aromatic N) is 2. The maximum atomic E-state index is 3.00. The number of benzene rings is 2. The number of halogens is 2. The van der Waals surface area contributed by atoms with Crippen molar-refractivity contribution in [2.45, 2.75) is 57.0 Å². The average Bonchev–Trinajstić information content (AvgIpc) is 2.85. The van der Waals surface area contributed by atoms with Gasteiger partial charge in [0.15, 0.2) is 0 Å². The van der Waals surface area contributed by atoms with Gasteiger partial charge in [-0.1, -0.05) is 55.7 Å². The molecule has 2 aromatic carbocycles. The molecular weight excluding hydrogens is 571 g/mol. The van der Waals surface area contributed by atoms with E-state index in [2.05, 4.69) is 113 Å². The second-order valence-electron chi connectivity index (χ2n) is 9.83. The second-order valence-corrected chi connectivity index (χ2v) is 14.8. The van der Waals surface area contributed by atoms with Gasteiger partial charge < -0.3 is 9.80 Å². The summed E-state index contributed by atoms with van der Waals surface area (Å²) in [6.07, 6.45) is 9.98. The number of hydrogen-bond acceptors (Lipinski definition) is 2. The first-order valence-corrected chi connectivity index (χ1v) is 16.9. The van der Waals surface area contributed by atoms with E-state index >= 15 is 0 Å². The Morgan fingerprint density at radius 1 is 0.625 bits per heavy atom. The van der Waals surface area contributed by atoms with Gasteiger partial charge in [-0.3, -0.25) is 0 Å². The van der Waals surface area contributed by atoms with E-state index in [0.29, 0.717) is 12.1 Å².